The van der Waals surface area contributed by atoms with Gasteiger partial charge in [-0.2, -0.15) is 0 Å². The van der Waals surface area contributed by atoms with Crippen LogP contribution in [0.5, 0.6) is 0 Å². The van der Waals surface area contributed by atoms with E-state index in [1.807, 2.05) is 12.1 Å². The van der Waals surface area contributed by atoms with E-state index in [-0.39, 0.29) is 0 Å². The lowest BCUT2D eigenvalue weighted by Gasteiger charge is -2.20. The van der Waals surface area contributed by atoms with Gasteiger partial charge in [-0.3, -0.25) is 0 Å². The van der Waals surface area contributed by atoms with E-state index in [0.717, 1.165) is 22.0 Å². The van der Waals surface area contributed by atoms with Gasteiger partial charge < -0.3 is 5.32 Å². The molecular weight excluding hydrogens is 298 g/mol. The maximum absolute atomic E-state index is 6.20. The Bertz CT molecular complexity index is 374. The van der Waals surface area contributed by atoms with Crippen molar-refractivity contribution in [3.63, 3.8) is 0 Å². The topological polar surface area (TPSA) is 12.0 Å². The number of nitrogens with one attached hydrogen (secondary N) is 1. The molecule has 3 heteroatoms. The molecule has 1 aliphatic rings. The van der Waals surface area contributed by atoms with Crippen LogP contribution in [0, 0.1) is 5.92 Å². The van der Waals surface area contributed by atoms with Crippen LogP contribution in [-0.4, -0.2) is 6.04 Å². The van der Waals surface area contributed by atoms with Gasteiger partial charge in [-0.1, -0.05) is 46.4 Å². The third kappa shape index (κ3) is 3.70. The standard InChI is InChI=1S/C14H19BrClN/c1-10(11-4-2-3-5-11)17-9-12-6-7-13(15)8-14(12)16/h6-8,10-11,17H,2-5,9H2,1H3/t10-/m1/s1. The van der Waals surface area contributed by atoms with Crippen molar-refractivity contribution in [1.29, 1.82) is 0 Å². The lowest BCUT2D eigenvalue weighted by molar-refractivity contribution is 0.380. The average molecular weight is 317 g/mol. The van der Waals surface area contributed by atoms with E-state index in [0.29, 0.717) is 6.04 Å². The summed E-state index contributed by atoms with van der Waals surface area (Å²) in [6, 6.07) is 6.68. The van der Waals surface area contributed by atoms with Gasteiger partial charge in [-0.05, 0) is 43.4 Å². The minimum absolute atomic E-state index is 0.595. The number of halogens is 2. The molecule has 0 aromatic heterocycles. The van der Waals surface area contributed by atoms with Gasteiger partial charge in [-0.15, -0.1) is 0 Å². The van der Waals surface area contributed by atoms with Crippen LogP contribution in [0.15, 0.2) is 22.7 Å². The minimum Gasteiger partial charge on any atom is -0.310 e. The van der Waals surface area contributed by atoms with E-state index in [1.54, 1.807) is 0 Å². The quantitative estimate of drug-likeness (QED) is 0.843. The van der Waals surface area contributed by atoms with E-state index >= 15 is 0 Å². The van der Waals surface area contributed by atoms with Crippen molar-refractivity contribution in [3.8, 4) is 0 Å². The molecule has 0 heterocycles. The summed E-state index contributed by atoms with van der Waals surface area (Å²) in [5, 5.41) is 4.44. The van der Waals surface area contributed by atoms with Gasteiger partial charge in [-0.25, -0.2) is 0 Å². The molecule has 17 heavy (non-hydrogen) atoms. The Morgan fingerprint density at radius 2 is 2.12 bits per heavy atom. The zero-order valence-corrected chi connectivity index (χ0v) is 12.5. The van der Waals surface area contributed by atoms with E-state index in [4.69, 9.17) is 11.6 Å². The van der Waals surface area contributed by atoms with E-state index < -0.39 is 0 Å². The van der Waals surface area contributed by atoms with Crippen LogP contribution in [0.2, 0.25) is 5.02 Å². The zero-order valence-electron chi connectivity index (χ0n) is 10.2. The lowest BCUT2D eigenvalue weighted by Crippen LogP contribution is -2.31. The second-order valence-electron chi connectivity index (χ2n) is 4.95. The van der Waals surface area contributed by atoms with Crippen LogP contribution >= 0.6 is 27.5 Å². The van der Waals surface area contributed by atoms with Gasteiger partial charge in [0.2, 0.25) is 0 Å². The Balaban J connectivity index is 1.88. The summed E-state index contributed by atoms with van der Waals surface area (Å²) in [5.74, 6) is 0.851. The van der Waals surface area contributed by atoms with Crippen LogP contribution in [0.25, 0.3) is 0 Å². The van der Waals surface area contributed by atoms with E-state index in [1.165, 1.54) is 31.2 Å². The van der Waals surface area contributed by atoms with E-state index in [2.05, 4.69) is 34.2 Å². The van der Waals surface area contributed by atoms with Crippen LogP contribution in [0.4, 0.5) is 0 Å². The SMILES string of the molecule is C[C@@H](NCc1ccc(Br)cc1Cl)C1CCCC1. The molecular formula is C14H19BrClN. The van der Waals surface area contributed by atoms with Crippen molar-refractivity contribution in [2.75, 3.05) is 0 Å². The molecule has 1 atom stereocenters. The van der Waals surface area contributed by atoms with Gasteiger partial charge in [0.15, 0.2) is 0 Å². The summed E-state index contributed by atoms with van der Waals surface area (Å²) in [4.78, 5) is 0. The number of hydrogen-bond acceptors (Lipinski definition) is 1. The lowest BCUT2D eigenvalue weighted by atomic mass is 9.99. The van der Waals surface area contributed by atoms with Gasteiger partial charge >= 0.3 is 0 Å². The molecule has 1 saturated carbocycles. The molecule has 0 amide bonds. The Kier molecular flexibility index (Phi) is 4.89. The highest BCUT2D eigenvalue weighted by Crippen LogP contribution is 2.28. The molecule has 0 saturated heterocycles. The first kappa shape index (κ1) is 13.4. The maximum atomic E-state index is 6.20. The number of benzene rings is 1. The Morgan fingerprint density at radius 1 is 1.41 bits per heavy atom. The molecule has 0 spiro atoms. The fourth-order valence-electron chi connectivity index (χ4n) is 2.56. The summed E-state index contributed by atoms with van der Waals surface area (Å²) in [7, 11) is 0. The second-order valence-corrected chi connectivity index (χ2v) is 6.27. The predicted molar refractivity (Wildman–Crippen MR) is 77.4 cm³/mol. The monoisotopic (exact) mass is 315 g/mol. The van der Waals surface area contributed by atoms with E-state index in [9.17, 15) is 0 Å². The molecule has 1 aliphatic carbocycles. The van der Waals surface area contributed by atoms with Crippen molar-refractivity contribution in [1.82, 2.24) is 5.32 Å². The third-order valence-corrected chi connectivity index (χ3v) is 4.58. The van der Waals surface area contributed by atoms with Crippen LogP contribution < -0.4 is 5.32 Å². The molecule has 1 nitrogen and oxygen atoms in total. The van der Waals surface area contributed by atoms with Gasteiger partial charge in [0.1, 0.15) is 0 Å². The third-order valence-electron chi connectivity index (χ3n) is 3.74. The molecule has 1 aromatic carbocycles. The normalized spacial score (nSPS) is 18.5. The Hall–Kier alpha value is -0.0500. The molecule has 1 N–H and O–H groups in total. The van der Waals surface area contributed by atoms with Crippen molar-refractivity contribution in [3.05, 3.63) is 33.3 Å². The summed E-state index contributed by atoms with van der Waals surface area (Å²) >= 11 is 9.63. The van der Waals surface area contributed by atoms with Gasteiger partial charge in [0.25, 0.3) is 0 Å². The smallest absolute Gasteiger partial charge is 0.0462 e. The largest absolute Gasteiger partial charge is 0.310 e. The molecule has 1 aromatic rings. The number of rotatable bonds is 4. The highest BCUT2D eigenvalue weighted by molar-refractivity contribution is 9.10. The molecule has 0 unspecified atom stereocenters. The summed E-state index contributed by atoms with van der Waals surface area (Å²) in [5.41, 5.74) is 1.18. The van der Waals surface area contributed by atoms with Crippen LogP contribution in [0.1, 0.15) is 38.2 Å². The highest BCUT2D eigenvalue weighted by Gasteiger charge is 2.20. The summed E-state index contributed by atoms with van der Waals surface area (Å²) < 4.78 is 1.04. The Labute approximate surface area is 117 Å². The van der Waals surface area contributed by atoms with Crippen LogP contribution in [0.3, 0.4) is 0 Å². The zero-order chi connectivity index (χ0) is 12.3. The first-order chi connectivity index (χ1) is 8.16. The highest BCUT2D eigenvalue weighted by atomic mass is 79.9. The first-order valence-corrected chi connectivity index (χ1v) is 7.51. The molecule has 0 bridgehead atoms. The molecule has 2 rings (SSSR count). The van der Waals surface area contributed by atoms with Gasteiger partial charge in [0, 0.05) is 22.1 Å². The minimum atomic E-state index is 0.595. The van der Waals surface area contributed by atoms with Crippen molar-refractivity contribution >= 4 is 27.5 Å². The Morgan fingerprint density at radius 3 is 2.76 bits per heavy atom. The van der Waals surface area contributed by atoms with Crippen molar-refractivity contribution < 1.29 is 0 Å². The number of hydrogen-bond donors (Lipinski definition) is 1. The van der Waals surface area contributed by atoms with Crippen molar-refractivity contribution in [2.24, 2.45) is 5.92 Å². The summed E-state index contributed by atoms with van der Waals surface area (Å²) in [6.45, 7) is 3.16. The maximum Gasteiger partial charge on any atom is 0.0462 e. The van der Waals surface area contributed by atoms with Gasteiger partial charge in [0.05, 0.1) is 0 Å². The molecule has 94 valence electrons. The van der Waals surface area contributed by atoms with Crippen molar-refractivity contribution in [2.45, 2.75) is 45.2 Å². The predicted octanol–water partition coefficient (Wildman–Crippen LogP) is 4.77. The fourth-order valence-corrected chi connectivity index (χ4v) is 3.30. The first-order valence-electron chi connectivity index (χ1n) is 6.34. The molecule has 1 fully saturated rings. The molecule has 0 aliphatic heterocycles. The fraction of sp³-hybridized carbons (Fsp3) is 0.571. The second kappa shape index (κ2) is 6.21. The average Bonchev–Trinajstić information content (AvgIpc) is 2.81. The van der Waals surface area contributed by atoms with Crippen LogP contribution in [-0.2, 0) is 6.54 Å². The summed E-state index contributed by atoms with van der Waals surface area (Å²) in [6.07, 6.45) is 5.55. The molecule has 0 radical (unpaired) electrons.